The number of benzene rings is 1. The van der Waals surface area contributed by atoms with E-state index < -0.39 is 5.60 Å². The van der Waals surface area contributed by atoms with E-state index >= 15 is 0 Å². The van der Waals surface area contributed by atoms with E-state index in [9.17, 15) is 5.11 Å². The third kappa shape index (κ3) is 2.67. The summed E-state index contributed by atoms with van der Waals surface area (Å²) in [7, 11) is 0. The molecule has 1 fully saturated rings. The molecule has 1 aromatic heterocycles. The number of pyridine rings is 1. The molecular weight excluding hydrogens is 310 g/mol. The summed E-state index contributed by atoms with van der Waals surface area (Å²) in [6.45, 7) is 4.67. The van der Waals surface area contributed by atoms with Gasteiger partial charge < -0.3 is 10.0 Å². The van der Waals surface area contributed by atoms with Crippen molar-refractivity contribution in [1.29, 1.82) is 5.26 Å². The maximum Gasteiger partial charge on any atom is 0.128 e. The van der Waals surface area contributed by atoms with E-state index in [0.717, 1.165) is 11.3 Å². The zero-order valence-corrected chi connectivity index (χ0v) is 13.9. The summed E-state index contributed by atoms with van der Waals surface area (Å²) in [6.07, 6.45) is 2.38. The van der Waals surface area contributed by atoms with Crippen LogP contribution in [-0.2, 0) is 5.60 Å². The largest absolute Gasteiger partial charge is 0.381 e. The Morgan fingerprint density at radius 2 is 2.17 bits per heavy atom. The Kier molecular flexibility index (Phi) is 4.01. The van der Waals surface area contributed by atoms with E-state index in [1.165, 1.54) is 0 Å². The van der Waals surface area contributed by atoms with Crippen LogP contribution in [0, 0.1) is 18.3 Å². The van der Waals surface area contributed by atoms with Gasteiger partial charge in [-0.1, -0.05) is 17.7 Å². The van der Waals surface area contributed by atoms with Crippen molar-refractivity contribution < 1.29 is 5.11 Å². The molecule has 1 N–H and O–H groups in total. The number of hydrogen-bond donors (Lipinski definition) is 1. The van der Waals surface area contributed by atoms with Crippen LogP contribution < -0.4 is 4.90 Å². The first kappa shape index (κ1) is 15.8. The molecule has 5 heteroatoms. The van der Waals surface area contributed by atoms with Crippen LogP contribution in [-0.4, -0.2) is 22.7 Å². The van der Waals surface area contributed by atoms with Crippen molar-refractivity contribution in [3.05, 3.63) is 58.4 Å². The Morgan fingerprint density at radius 3 is 2.78 bits per heavy atom. The van der Waals surface area contributed by atoms with Crippen LogP contribution in [0.2, 0.25) is 5.02 Å². The van der Waals surface area contributed by atoms with E-state index in [2.05, 4.69) is 16.0 Å². The van der Waals surface area contributed by atoms with E-state index in [-0.39, 0.29) is 6.04 Å². The molecule has 4 nitrogen and oxygen atoms in total. The normalized spacial score (nSPS) is 23.8. The van der Waals surface area contributed by atoms with Gasteiger partial charge in [-0.15, -0.1) is 0 Å². The van der Waals surface area contributed by atoms with Crippen LogP contribution in [0.25, 0.3) is 0 Å². The molecule has 0 spiro atoms. The zero-order chi connectivity index (χ0) is 16.6. The molecule has 0 amide bonds. The molecule has 3 rings (SSSR count). The van der Waals surface area contributed by atoms with Gasteiger partial charge in [0, 0.05) is 24.8 Å². The predicted molar refractivity (Wildman–Crippen MR) is 90.5 cm³/mol. The van der Waals surface area contributed by atoms with E-state index in [0.29, 0.717) is 29.2 Å². The van der Waals surface area contributed by atoms with Gasteiger partial charge in [0.05, 0.1) is 22.3 Å². The second-order valence-electron chi connectivity index (χ2n) is 6.04. The lowest BCUT2D eigenvalue weighted by Crippen LogP contribution is -2.41. The average molecular weight is 328 g/mol. The number of hydrogen-bond acceptors (Lipinski definition) is 4. The second-order valence-corrected chi connectivity index (χ2v) is 6.45. The summed E-state index contributed by atoms with van der Waals surface area (Å²) in [5.41, 5.74) is 2.13. The number of nitriles is 1. The average Bonchev–Trinajstić information content (AvgIpc) is 2.85. The Morgan fingerprint density at radius 1 is 1.39 bits per heavy atom. The summed E-state index contributed by atoms with van der Waals surface area (Å²) in [5, 5.41) is 20.6. The maximum atomic E-state index is 11.1. The Hall–Kier alpha value is -2.09. The van der Waals surface area contributed by atoms with Gasteiger partial charge in [0.1, 0.15) is 11.7 Å². The molecule has 118 valence electrons. The van der Waals surface area contributed by atoms with Gasteiger partial charge >= 0.3 is 0 Å². The minimum Gasteiger partial charge on any atom is -0.381 e. The van der Waals surface area contributed by atoms with E-state index in [1.54, 1.807) is 18.3 Å². The van der Waals surface area contributed by atoms with Gasteiger partial charge in [0.25, 0.3) is 0 Å². The lowest BCUT2D eigenvalue weighted by molar-refractivity contribution is 0.0286. The van der Waals surface area contributed by atoms with Crippen LogP contribution >= 0.6 is 11.6 Å². The molecule has 23 heavy (non-hydrogen) atoms. The van der Waals surface area contributed by atoms with Crippen molar-refractivity contribution >= 4 is 17.3 Å². The lowest BCUT2D eigenvalue weighted by atomic mass is 9.91. The maximum absolute atomic E-state index is 11.1. The highest BCUT2D eigenvalue weighted by Crippen LogP contribution is 2.40. The highest BCUT2D eigenvalue weighted by Gasteiger charge is 2.45. The lowest BCUT2D eigenvalue weighted by Gasteiger charge is -2.32. The third-order valence-electron chi connectivity index (χ3n) is 4.65. The number of aliphatic hydroxyl groups is 1. The first-order chi connectivity index (χ1) is 11.0. The van der Waals surface area contributed by atoms with Gasteiger partial charge in [-0.2, -0.15) is 5.26 Å². The second kappa shape index (κ2) is 5.84. The molecule has 1 aliphatic rings. The van der Waals surface area contributed by atoms with Crippen molar-refractivity contribution in [3.63, 3.8) is 0 Å². The van der Waals surface area contributed by atoms with Crippen LogP contribution in [0.15, 0.2) is 36.5 Å². The van der Waals surface area contributed by atoms with Gasteiger partial charge in [-0.05, 0) is 43.7 Å². The number of anilines is 1. The minimum atomic E-state index is -0.992. The molecule has 1 aromatic carbocycles. The zero-order valence-electron chi connectivity index (χ0n) is 13.1. The Labute approximate surface area is 141 Å². The van der Waals surface area contributed by atoms with Crippen LogP contribution in [0.5, 0.6) is 0 Å². The molecule has 0 aliphatic carbocycles. The summed E-state index contributed by atoms with van der Waals surface area (Å²) in [6, 6.07) is 11.1. The van der Waals surface area contributed by atoms with Crippen molar-refractivity contribution in [2.24, 2.45) is 0 Å². The topological polar surface area (TPSA) is 60.1 Å². The summed E-state index contributed by atoms with van der Waals surface area (Å²) in [5.74, 6) is 0. The molecule has 1 aliphatic heterocycles. The quantitative estimate of drug-likeness (QED) is 0.918. The van der Waals surface area contributed by atoms with Gasteiger partial charge in [0.2, 0.25) is 0 Å². The number of nitrogens with zero attached hydrogens (tertiary/aromatic N) is 3. The van der Waals surface area contributed by atoms with Crippen molar-refractivity contribution in [3.8, 4) is 6.07 Å². The SMILES string of the molecule is Cc1ccc(C2(O)CCN(c3ccc(C#N)c(Cl)c3)[C@H]2C)nc1. The standard InChI is InChI=1S/C18H18ClN3O/c1-12-3-6-17(21-11-12)18(23)7-8-22(13(18)2)15-5-4-14(10-20)16(19)9-15/h3-6,9,11,13,23H,7-8H2,1-2H3/t13-,18?/m0/s1. The van der Waals surface area contributed by atoms with Gasteiger partial charge in [-0.25, -0.2) is 0 Å². The monoisotopic (exact) mass is 327 g/mol. The number of halogens is 1. The van der Waals surface area contributed by atoms with Crippen molar-refractivity contribution in [2.45, 2.75) is 31.9 Å². The summed E-state index contributed by atoms with van der Waals surface area (Å²) < 4.78 is 0. The number of rotatable bonds is 2. The smallest absolute Gasteiger partial charge is 0.128 e. The fourth-order valence-electron chi connectivity index (χ4n) is 3.14. The fraction of sp³-hybridized carbons (Fsp3) is 0.333. The Bertz CT molecular complexity index is 769. The van der Waals surface area contributed by atoms with Crippen molar-refractivity contribution in [2.75, 3.05) is 11.4 Å². The van der Waals surface area contributed by atoms with Crippen molar-refractivity contribution in [1.82, 2.24) is 4.98 Å². The molecule has 2 aromatic rings. The Balaban J connectivity index is 1.92. The molecule has 0 bridgehead atoms. The molecule has 0 radical (unpaired) electrons. The first-order valence-corrected chi connectivity index (χ1v) is 7.95. The van der Waals surface area contributed by atoms with Crippen LogP contribution in [0.3, 0.4) is 0 Å². The third-order valence-corrected chi connectivity index (χ3v) is 4.96. The minimum absolute atomic E-state index is 0.137. The molecule has 2 atom stereocenters. The molecule has 0 saturated carbocycles. The number of aryl methyl sites for hydroxylation is 1. The van der Waals surface area contributed by atoms with Gasteiger partial charge in [-0.3, -0.25) is 4.98 Å². The highest BCUT2D eigenvalue weighted by atomic mass is 35.5. The van der Waals surface area contributed by atoms with E-state index in [1.807, 2.05) is 32.0 Å². The summed E-state index contributed by atoms with van der Waals surface area (Å²) in [4.78, 5) is 6.52. The van der Waals surface area contributed by atoms with Crippen LogP contribution in [0.4, 0.5) is 5.69 Å². The highest BCUT2D eigenvalue weighted by molar-refractivity contribution is 6.32. The summed E-state index contributed by atoms with van der Waals surface area (Å²) >= 11 is 6.14. The van der Waals surface area contributed by atoms with E-state index in [4.69, 9.17) is 16.9 Å². The number of aromatic nitrogens is 1. The fourth-order valence-corrected chi connectivity index (χ4v) is 3.36. The first-order valence-electron chi connectivity index (χ1n) is 7.57. The molecule has 1 saturated heterocycles. The van der Waals surface area contributed by atoms with Gasteiger partial charge in [0.15, 0.2) is 0 Å². The molecular formula is C18H18ClN3O. The molecule has 2 heterocycles. The molecule has 1 unspecified atom stereocenters. The predicted octanol–water partition coefficient (Wildman–Crippen LogP) is 3.40. The van der Waals surface area contributed by atoms with Crippen LogP contribution in [0.1, 0.15) is 30.2 Å².